The lowest BCUT2D eigenvalue weighted by molar-refractivity contribution is -0.139. The first-order chi connectivity index (χ1) is 11.6. The molecule has 1 aromatic carbocycles. The van der Waals surface area contributed by atoms with Crippen molar-refractivity contribution in [2.75, 3.05) is 26.2 Å². The van der Waals surface area contributed by atoms with E-state index in [2.05, 4.69) is 12.2 Å². The summed E-state index contributed by atoms with van der Waals surface area (Å²) in [4.78, 5) is 28.6. The minimum absolute atomic E-state index is 0.157. The molecule has 0 N–H and O–H groups in total. The number of aryl methyl sites for hydroxylation is 1. The molecule has 4 nitrogen and oxygen atoms in total. The fourth-order valence-corrected chi connectivity index (χ4v) is 3.42. The van der Waals surface area contributed by atoms with Crippen LogP contribution in [0.3, 0.4) is 0 Å². The summed E-state index contributed by atoms with van der Waals surface area (Å²) < 4.78 is 0. The third-order valence-electron chi connectivity index (χ3n) is 5.01. The normalized spacial score (nSPS) is 20.5. The Kier molecular flexibility index (Phi) is 5.34. The molecule has 0 aromatic heterocycles. The summed E-state index contributed by atoms with van der Waals surface area (Å²) in [6, 6.07) is 8.11. The van der Waals surface area contributed by atoms with Gasteiger partial charge in [0.25, 0.3) is 0 Å². The lowest BCUT2D eigenvalue weighted by atomic mass is 10.0. The van der Waals surface area contributed by atoms with Crippen LogP contribution >= 0.6 is 0 Å². The maximum absolute atomic E-state index is 12.4. The Morgan fingerprint density at radius 1 is 1.00 bits per heavy atom. The molecular formula is C20H26N2O2. The van der Waals surface area contributed by atoms with E-state index >= 15 is 0 Å². The number of carbonyl (C=O) groups excluding carboxylic acids is 2. The molecule has 24 heavy (non-hydrogen) atoms. The number of amides is 2. The van der Waals surface area contributed by atoms with Gasteiger partial charge in [-0.25, -0.2) is 0 Å². The topological polar surface area (TPSA) is 40.6 Å². The minimum Gasteiger partial charge on any atom is -0.339 e. The van der Waals surface area contributed by atoms with E-state index in [1.807, 2.05) is 41.0 Å². The summed E-state index contributed by atoms with van der Waals surface area (Å²) in [7, 11) is 0. The van der Waals surface area contributed by atoms with Crippen molar-refractivity contribution in [1.82, 2.24) is 9.80 Å². The van der Waals surface area contributed by atoms with Crippen LogP contribution in [-0.4, -0.2) is 47.8 Å². The van der Waals surface area contributed by atoms with Crippen molar-refractivity contribution in [3.05, 3.63) is 47.5 Å². The summed E-state index contributed by atoms with van der Waals surface area (Å²) in [5.74, 6) is 0.806. The van der Waals surface area contributed by atoms with Crippen molar-refractivity contribution in [2.24, 2.45) is 5.92 Å². The second kappa shape index (κ2) is 7.65. The van der Waals surface area contributed by atoms with E-state index in [1.165, 1.54) is 5.56 Å². The lowest BCUT2D eigenvalue weighted by Crippen LogP contribution is -2.51. The molecule has 1 aliphatic carbocycles. The van der Waals surface area contributed by atoms with Crippen molar-refractivity contribution in [3.63, 3.8) is 0 Å². The van der Waals surface area contributed by atoms with Crippen molar-refractivity contribution in [2.45, 2.75) is 32.6 Å². The van der Waals surface area contributed by atoms with Crippen LogP contribution in [-0.2, 0) is 16.0 Å². The molecule has 0 bridgehead atoms. The molecule has 0 spiro atoms. The molecule has 4 heteroatoms. The first-order valence-electron chi connectivity index (χ1n) is 8.89. The van der Waals surface area contributed by atoms with Gasteiger partial charge in [0.1, 0.15) is 0 Å². The maximum Gasteiger partial charge on any atom is 0.227 e. The average Bonchev–Trinajstić information content (AvgIpc) is 3.10. The lowest BCUT2D eigenvalue weighted by Gasteiger charge is -2.35. The van der Waals surface area contributed by atoms with Crippen LogP contribution in [0.5, 0.6) is 0 Å². The molecular weight excluding hydrogens is 300 g/mol. The molecule has 2 amide bonds. The Labute approximate surface area is 144 Å². The van der Waals surface area contributed by atoms with Gasteiger partial charge in [0.05, 0.1) is 6.42 Å². The molecule has 1 atom stereocenters. The first-order valence-corrected chi connectivity index (χ1v) is 8.89. The number of benzene rings is 1. The fourth-order valence-electron chi connectivity index (χ4n) is 3.42. The van der Waals surface area contributed by atoms with E-state index in [0.29, 0.717) is 44.9 Å². The molecule has 128 valence electrons. The summed E-state index contributed by atoms with van der Waals surface area (Å²) >= 11 is 0. The zero-order valence-electron chi connectivity index (χ0n) is 14.4. The number of allylic oxidation sites excluding steroid dienone is 2. The molecule has 1 aliphatic heterocycles. The van der Waals surface area contributed by atoms with Crippen LogP contribution in [0.1, 0.15) is 30.4 Å². The van der Waals surface area contributed by atoms with Gasteiger partial charge in [0.15, 0.2) is 0 Å². The Balaban J connectivity index is 1.45. The highest BCUT2D eigenvalue weighted by Crippen LogP contribution is 2.21. The largest absolute Gasteiger partial charge is 0.339 e. The molecule has 1 saturated heterocycles. The number of hydrogen-bond donors (Lipinski definition) is 0. The fraction of sp³-hybridized carbons (Fsp3) is 0.500. The molecule has 1 aromatic rings. The molecule has 3 rings (SSSR count). The molecule has 0 saturated carbocycles. The van der Waals surface area contributed by atoms with Crippen molar-refractivity contribution >= 4 is 11.8 Å². The van der Waals surface area contributed by atoms with Gasteiger partial charge in [-0.2, -0.15) is 0 Å². The second-order valence-corrected chi connectivity index (χ2v) is 6.89. The second-order valence-electron chi connectivity index (χ2n) is 6.89. The highest BCUT2D eigenvalue weighted by atomic mass is 16.2. The Hall–Kier alpha value is -2.10. The monoisotopic (exact) mass is 326 g/mol. The highest BCUT2D eigenvalue weighted by molar-refractivity contribution is 5.80. The van der Waals surface area contributed by atoms with Crippen LogP contribution in [0.2, 0.25) is 0 Å². The van der Waals surface area contributed by atoms with Gasteiger partial charge in [-0.15, -0.1) is 0 Å². The Bertz CT molecular complexity index is 613. The maximum atomic E-state index is 12.4. The third-order valence-corrected chi connectivity index (χ3v) is 5.01. The molecule has 1 fully saturated rings. The first kappa shape index (κ1) is 16.7. The van der Waals surface area contributed by atoms with Gasteiger partial charge in [-0.05, 0) is 31.2 Å². The predicted octanol–water partition coefficient (Wildman–Crippen LogP) is 2.56. The zero-order chi connectivity index (χ0) is 16.9. The smallest absolute Gasteiger partial charge is 0.227 e. The zero-order valence-corrected chi connectivity index (χ0v) is 14.4. The van der Waals surface area contributed by atoms with Crippen molar-refractivity contribution in [3.8, 4) is 0 Å². The minimum atomic E-state index is 0.157. The molecule has 2 aliphatic rings. The summed E-state index contributed by atoms with van der Waals surface area (Å²) in [5.41, 5.74) is 2.26. The van der Waals surface area contributed by atoms with Gasteiger partial charge in [-0.3, -0.25) is 9.59 Å². The van der Waals surface area contributed by atoms with Gasteiger partial charge in [0.2, 0.25) is 11.8 Å². The number of hydrogen-bond acceptors (Lipinski definition) is 2. The van der Waals surface area contributed by atoms with E-state index in [1.54, 1.807) is 0 Å². The highest BCUT2D eigenvalue weighted by Gasteiger charge is 2.25. The number of nitrogens with zero attached hydrogens (tertiary/aromatic N) is 2. The quantitative estimate of drug-likeness (QED) is 0.798. The van der Waals surface area contributed by atoms with Crippen LogP contribution < -0.4 is 0 Å². The van der Waals surface area contributed by atoms with Gasteiger partial charge < -0.3 is 9.80 Å². The summed E-state index contributed by atoms with van der Waals surface area (Å²) in [6.07, 6.45) is 7.59. The molecule has 1 heterocycles. The molecule has 1 unspecified atom stereocenters. The van der Waals surface area contributed by atoms with Crippen LogP contribution in [0.25, 0.3) is 0 Å². The van der Waals surface area contributed by atoms with E-state index in [4.69, 9.17) is 0 Å². The average molecular weight is 326 g/mol. The van der Waals surface area contributed by atoms with Crippen molar-refractivity contribution in [1.29, 1.82) is 0 Å². The van der Waals surface area contributed by atoms with Gasteiger partial charge in [0, 0.05) is 32.6 Å². The van der Waals surface area contributed by atoms with Crippen molar-refractivity contribution < 1.29 is 9.59 Å². The third kappa shape index (κ3) is 4.25. The predicted molar refractivity (Wildman–Crippen MR) is 94.5 cm³/mol. The van der Waals surface area contributed by atoms with Crippen LogP contribution in [0.15, 0.2) is 36.4 Å². The standard InChI is InChI=1S/C20H26N2O2/c1-16-6-8-18(9-7-16)15-20(24)22-12-10-21(11-13-22)19(23)14-17-4-2-3-5-17/h2,4,6-9,17H,3,5,10-15H2,1H3. The Morgan fingerprint density at radius 3 is 2.21 bits per heavy atom. The van der Waals surface area contributed by atoms with E-state index in [0.717, 1.165) is 18.4 Å². The van der Waals surface area contributed by atoms with Gasteiger partial charge in [-0.1, -0.05) is 42.0 Å². The van der Waals surface area contributed by atoms with Crippen LogP contribution in [0.4, 0.5) is 0 Å². The summed E-state index contributed by atoms with van der Waals surface area (Å²) in [5, 5.41) is 0. The van der Waals surface area contributed by atoms with Crippen LogP contribution in [0, 0.1) is 12.8 Å². The van der Waals surface area contributed by atoms with E-state index < -0.39 is 0 Å². The van der Waals surface area contributed by atoms with E-state index in [9.17, 15) is 9.59 Å². The SMILES string of the molecule is Cc1ccc(CC(=O)N2CCN(C(=O)CC3C=CCC3)CC2)cc1. The number of carbonyl (C=O) groups is 2. The number of rotatable bonds is 4. The Morgan fingerprint density at radius 2 is 1.62 bits per heavy atom. The summed E-state index contributed by atoms with van der Waals surface area (Å²) in [6.45, 7) is 4.67. The number of piperazine rings is 1. The van der Waals surface area contributed by atoms with E-state index in [-0.39, 0.29) is 11.8 Å². The molecule has 0 radical (unpaired) electrons. The van der Waals surface area contributed by atoms with Gasteiger partial charge >= 0.3 is 0 Å².